The van der Waals surface area contributed by atoms with Gasteiger partial charge in [-0.15, -0.1) is 0 Å². The predicted octanol–water partition coefficient (Wildman–Crippen LogP) is 2.80. The van der Waals surface area contributed by atoms with Crippen LogP contribution in [0, 0.1) is 6.92 Å². The lowest BCUT2D eigenvalue weighted by atomic mass is 10.0. The Labute approximate surface area is 113 Å². The van der Waals surface area contributed by atoms with Crippen LogP contribution in [0.3, 0.4) is 0 Å². The summed E-state index contributed by atoms with van der Waals surface area (Å²) in [6.45, 7) is 2.65. The first-order chi connectivity index (χ1) is 9.24. The highest BCUT2D eigenvalue weighted by Crippen LogP contribution is 2.23. The number of imidazole rings is 1. The lowest BCUT2D eigenvalue weighted by Crippen LogP contribution is -2.13. The summed E-state index contributed by atoms with van der Waals surface area (Å²) in [6.07, 6.45) is 6.08. The van der Waals surface area contributed by atoms with Crippen LogP contribution in [0.4, 0.5) is 0 Å². The molecule has 1 unspecified atom stereocenters. The highest BCUT2D eigenvalue weighted by atomic mass is 16.3. The van der Waals surface area contributed by atoms with Crippen molar-refractivity contribution in [2.75, 3.05) is 0 Å². The fourth-order valence-electron chi connectivity index (χ4n) is 2.86. The van der Waals surface area contributed by atoms with Gasteiger partial charge in [-0.3, -0.25) is 0 Å². The van der Waals surface area contributed by atoms with Gasteiger partial charge in [0.15, 0.2) is 0 Å². The summed E-state index contributed by atoms with van der Waals surface area (Å²) in [5.74, 6) is 0. The van der Waals surface area contributed by atoms with E-state index in [2.05, 4.69) is 22.5 Å². The second-order valence-corrected chi connectivity index (χ2v) is 5.43. The van der Waals surface area contributed by atoms with Gasteiger partial charge >= 0.3 is 0 Å². The predicted molar refractivity (Wildman–Crippen MR) is 75.0 cm³/mol. The lowest BCUT2D eigenvalue weighted by Gasteiger charge is -2.17. The van der Waals surface area contributed by atoms with Gasteiger partial charge in [-0.25, -0.2) is 4.98 Å². The first-order valence-electron chi connectivity index (χ1n) is 7.01. The van der Waals surface area contributed by atoms with Crippen LogP contribution in [0.1, 0.15) is 41.5 Å². The maximum Gasteiger partial charge on any atom is 0.0969 e. The normalized spacial score (nSPS) is 16.1. The van der Waals surface area contributed by atoms with E-state index < -0.39 is 6.10 Å². The average Bonchev–Trinajstić information content (AvgIpc) is 2.82. The van der Waals surface area contributed by atoms with Gasteiger partial charge in [0, 0.05) is 5.69 Å². The second-order valence-electron chi connectivity index (χ2n) is 5.43. The van der Waals surface area contributed by atoms with E-state index in [0.717, 1.165) is 18.4 Å². The van der Waals surface area contributed by atoms with Crippen molar-refractivity contribution in [1.82, 2.24) is 9.55 Å². The number of hydrogen-bond acceptors (Lipinski definition) is 2. The molecule has 3 heteroatoms. The van der Waals surface area contributed by atoms with Crippen molar-refractivity contribution in [3.05, 3.63) is 53.1 Å². The van der Waals surface area contributed by atoms with E-state index in [9.17, 15) is 5.11 Å². The molecule has 1 aliphatic carbocycles. The van der Waals surface area contributed by atoms with Crippen LogP contribution in [0.2, 0.25) is 0 Å². The molecule has 1 aromatic carbocycles. The van der Waals surface area contributed by atoms with Crippen molar-refractivity contribution in [3.8, 4) is 0 Å². The van der Waals surface area contributed by atoms with Gasteiger partial charge in [0.05, 0.1) is 24.7 Å². The number of aryl methyl sites for hydroxylation is 2. The Balaban J connectivity index is 1.79. The molecule has 1 aromatic heterocycles. The number of aliphatic hydroxyl groups excluding tert-OH is 1. The van der Waals surface area contributed by atoms with Gasteiger partial charge in [0.25, 0.3) is 0 Å². The number of fused-ring (bicyclic) bond motifs is 1. The standard InChI is InChI=1S/C16H20N2O/c1-12-5-4-6-13(9-12)16(19)10-18-11-17-14-7-2-3-8-15(14)18/h4-6,9,11,16,19H,2-3,7-8,10H2,1H3. The van der Waals surface area contributed by atoms with Crippen molar-refractivity contribution in [2.45, 2.75) is 45.3 Å². The van der Waals surface area contributed by atoms with E-state index in [1.807, 2.05) is 24.5 Å². The Kier molecular flexibility index (Phi) is 3.38. The summed E-state index contributed by atoms with van der Waals surface area (Å²) in [4.78, 5) is 4.47. The second kappa shape index (κ2) is 5.17. The molecule has 1 N–H and O–H groups in total. The van der Waals surface area contributed by atoms with Crippen LogP contribution in [0.25, 0.3) is 0 Å². The van der Waals surface area contributed by atoms with Crippen LogP contribution in [-0.4, -0.2) is 14.7 Å². The third-order valence-electron chi connectivity index (χ3n) is 3.91. The summed E-state index contributed by atoms with van der Waals surface area (Å²) in [7, 11) is 0. The average molecular weight is 256 g/mol. The maximum atomic E-state index is 10.4. The zero-order chi connectivity index (χ0) is 13.2. The summed E-state index contributed by atoms with van der Waals surface area (Å²) < 4.78 is 2.13. The SMILES string of the molecule is Cc1cccc(C(O)Cn2cnc3c2CCCC3)c1. The van der Waals surface area contributed by atoms with Crippen LogP contribution in [0.5, 0.6) is 0 Å². The molecular weight excluding hydrogens is 236 g/mol. The molecule has 100 valence electrons. The molecule has 0 radical (unpaired) electrons. The van der Waals surface area contributed by atoms with Gasteiger partial charge < -0.3 is 9.67 Å². The van der Waals surface area contributed by atoms with Gasteiger partial charge in [0.1, 0.15) is 0 Å². The molecule has 19 heavy (non-hydrogen) atoms. The smallest absolute Gasteiger partial charge is 0.0969 e. The molecule has 0 fully saturated rings. The topological polar surface area (TPSA) is 38.0 Å². The van der Waals surface area contributed by atoms with E-state index in [1.54, 1.807) is 0 Å². The largest absolute Gasteiger partial charge is 0.387 e. The lowest BCUT2D eigenvalue weighted by molar-refractivity contribution is 0.155. The number of hydrogen-bond donors (Lipinski definition) is 1. The summed E-state index contributed by atoms with van der Waals surface area (Å²) >= 11 is 0. The van der Waals surface area contributed by atoms with Crippen molar-refractivity contribution in [2.24, 2.45) is 0 Å². The molecule has 0 aliphatic heterocycles. The number of aliphatic hydroxyl groups is 1. The number of rotatable bonds is 3. The number of benzene rings is 1. The van der Waals surface area contributed by atoms with Crippen LogP contribution >= 0.6 is 0 Å². The highest BCUT2D eigenvalue weighted by molar-refractivity contribution is 5.24. The molecule has 3 nitrogen and oxygen atoms in total. The molecular formula is C16H20N2O. The van der Waals surface area contributed by atoms with Gasteiger partial charge in [-0.2, -0.15) is 0 Å². The van der Waals surface area contributed by atoms with Crippen LogP contribution in [0.15, 0.2) is 30.6 Å². The zero-order valence-corrected chi connectivity index (χ0v) is 11.3. The molecule has 1 heterocycles. The first-order valence-corrected chi connectivity index (χ1v) is 7.01. The van der Waals surface area contributed by atoms with Crippen LogP contribution in [-0.2, 0) is 19.4 Å². The molecule has 0 saturated carbocycles. The van der Waals surface area contributed by atoms with Crippen molar-refractivity contribution in [1.29, 1.82) is 0 Å². The van der Waals surface area contributed by atoms with Crippen LogP contribution < -0.4 is 0 Å². The van der Waals surface area contributed by atoms with Gasteiger partial charge in [0.2, 0.25) is 0 Å². The summed E-state index contributed by atoms with van der Waals surface area (Å²) in [6, 6.07) is 8.08. The fourth-order valence-corrected chi connectivity index (χ4v) is 2.86. The third kappa shape index (κ3) is 2.56. The Morgan fingerprint density at radius 3 is 3.00 bits per heavy atom. The Hall–Kier alpha value is -1.61. The van der Waals surface area contributed by atoms with E-state index in [-0.39, 0.29) is 0 Å². The van der Waals surface area contributed by atoms with E-state index >= 15 is 0 Å². The first kappa shape index (κ1) is 12.4. The van der Waals surface area contributed by atoms with Crippen molar-refractivity contribution in [3.63, 3.8) is 0 Å². The minimum atomic E-state index is -0.458. The summed E-state index contributed by atoms with van der Waals surface area (Å²) in [5, 5.41) is 10.4. The number of aromatic nitrogens is 2. The fraction of sp³-hybridized carbons (Fsp3) is 0.438. The Morgan fingerprint density at radius 1 is 1.32 bits per heavy atom. The number of nitrogens with zero attached hydrogens (tertiary/aromatic N) is 2. The molecule has 3 rings (SSSR count). The zero-order valence-electron chi connectivity index (χ0n) is 11.3. The molecule has 0 saturated heterocycles. The molecule has 0 bridgehead atoms. The molecule has 0 spiro atoms. The molecule has 1 atom stereocenters. The summed E-state index contributed by atoms with van der Waals surface area (Å²) in [5.41, 5.74) is 4.71. The quantitative estimate of drug-likeness (QED) is 0.917. The van der Waals surface area contributed by atoms with E-state index in [4.69, 9.17) is 0 Å². The van der Waals surface area contributed by atoms with E-state index in [0.29, 0.717) is 6.54 Å². The Bertz CT molecular complexity index is 574. The minimum Gasteiger partial charge on any atom is -0.387 e. The maximum absolute atomic E-state index is 10.4. The van der Waals surface area contributed by atoms with Crippen molar-refractivity contribution >= 4 is 0 Å². The monoisotopic (exact) mass is 256 g/mol. The van der Waals surface area contributed by atoms with Gasteiger partial charge in [-0.05, 0) is 38.2 Å². The molecule has 2 aromatic rings. The minimum absolute atomic E-state index is 0.458. The third-order valence-corrected chi connectivity index (χ3v) is 3.91. The molecule has 0 amide bonds. The van der Waals surface area contributed by atoms with E-state index in [1.165, 1.54) is 29.8 Å². The molecule has 1 aliphatic rings. The Morgan fingerprint density at radius 2 is 2.16 bits per heavy atom. The highest BCUT2D eigenvalue weighted by Gasteiger charge is 2.17. The van der Waals surface area contributed by atoms with Crippen molar-refractivity contribution < 1.29 is 5.11 Å². The van der Waals surface area contributed by atoms with Gasteiger partial charge in [-0.1, -0.05) is 29.8 Å².